The highest BCUT2D eigenvalue weighted by atomic mass is 19.4. The Morgan fingerprint density at radius 2 is 2.24 bits per heavy atom. The quantitative estimate of drug-likeness (QED) is 0.888. The predicted octanol–water partition coefficient (Wildman–Crippen LogP) is 2.17. The van der Waals surface area contributed by atoms with E-state index < -0.39 is 24.7 Å². The van der Waals surface area contributed by atoms with Crippen molar-refractivity contribution in [2.24, 2.45) is 0 Å². The van der Waals surface area contributed by atoms with Gasteiger partial charge in [-0.15, -0.1) is 0 Å². The molecule has 1 N–H and O–H groups in total. The summed E-state index contributed by atoms with van der Waals surface area (Å²) in [6.45, 7) is 1.48. The minimum absolute atomic E-state index is 0.0731. The average Bonchev–Trinajstić information content (AvgIpc) is 2.18. The molecule has 1 unspecified atom stereocenters. The second-order valence-corrected chi connectivity index (χ2v) is 3.33. The van der Waals surface area contributed by atoms with Crippen molar-refractivity contribution in [3.05, 3.63) is 24.0 Å². The highest BCUT2D eigenvalue weighted by Gasteiger charge is 2.43. The van der Waals surface area contributed by atoms with Gasteiger partial charge in [0.05, 0.1) is 12.1 Å². The number of halogens is 3. The first-order chi connectivity index (χ1) is 7.80. The van der Waals surface area contributed by atoms with Gasteiger partial charge in [0.1, 0.15) is 5.75 Å². The lowest BCUT2D eigenvalue weighted by Crippen LogP contribution is -2.36. The summed E-state index contributed by atoms with van der Waals surface area (Å²) in [5.74, 6) is -1.65. The zero-order valence-electron chi connectivity index (χ0n) is 8.86. The summed E-state index contributed by atoms with van der Waals surface area (Å²) >= 11 is 0. The minimum atomic E-state index is -4.74. The van der Waals surface area contributed by atoms with Crippen LogP contribution in [0.3, 0.4) is 0 Å². The molecule has 0 bridgehead atoms. The van der Waals surface area contributed by atoms with Gasteiger partial charge < -0.3 is 9.84 Å². The summed E-state index contributed by atoms with van der Waals surface area (Å²) in [4.78, 5) is 14.1. The van der Waals surface area contributed by atoms with Crippen molar-refractivity contribution >= 4 is 5.97 Å². The molecule has 1 aromatic rings. The molecular weight excluding hydrogens is 239 g/mol. The van der Waals surface area contributed by atoms with Gasteiger partial charge in [-0.25, -0.2) is 0 Å². The molecule has 94 valence electrons. The average molecular weight is 249 g/mol. The van der Waals surface area contributed by atoms with Gasteiger partial charge in [-0.05, 0) is 19.1 Å². The first-order valence-electron chi connectivity index (χ1n) is 4.67. The third kappa shape index (κ3) is 3.93. The molecule has 0 aliphatic carbocycles. The van der Waals surface area contributed by atoms with E-state index in [1.54, 1.807) is 0 Å². The number of rotatable bonds is 4. The lowest BCUT2D eigenvalue weighted by Gasteiger charge is -2.20. The molecule has 1 rings (SSSR count). The van der Waals surface area contributed by atoms with Crippen molar-refractivity contribution in [1.29, 1.82) is 0 Å². The van der Waals surface area contributed by atoms with Crippen molar-refractivity contribution in [1.82, 2.24) is 4.98 Å². The number of aliphatic carboxylic acids is 1. The highest BCUT2D eigenvalue weighted by molar-refractivity contribution is 5.67. The van der Waals surface area contributed by atoms with E-state index in [2.05, 4.69) is 9.72 Å². The molecule has 0 amide bonds. The molecule has 1 aromatic heterocycles. The van der Waals surface area contributed by atoms with Crippen molar-refractivity contribution in [3.63, 3.8) is 0 Å². The van der Waals surface area contributed by atoms with Crippen LogP contribution in [0.5, 0.6) is 5.75 Å². The Hall–Kier alpha value is -1.79. The zero-order valence-corrected chi connectivity index (χ0v) is 8.86. The van der Waals surface area contributed by atoms with E-state index in [1.807, 2.05) is 0 Å². The molecule has 0 saturated heterocycles. The molecule has 0 aliphatic heterocycles. The number of carboxylic acids is 1. The Morgan fingerprint density at radius 1 is 1.59 bits per heavy atom. The van der Waals surface area contributed by atoms with Gasteiger partial charge >= 0.3 is 12.1 Å². The van der Waals surface area contributed by atoms with E-state index in [1.165, 1.54) is 25.3 Å². The van der Waals surface area contributed by atoms with Gasteiger partial charge in [-0.3, -0.25) is 9.78 Å². The number of carbonyl (C=O) groups is 1. The van der Waals surface area contributed by atoms with E-state index in [9.17, 15) is 18.0 Å². The lowest BCUT2D eigenvalue weighted by molar-refractivity contribution is -0.200. The van der Waals surface area contributed by atoms with E-state index in [-0.39, 0.29) is 11.4 Å². The van der Waals surface area contributed by atoms with Gasteiger partial charge in [0.2, 0.25) is 6.10 Å². The van der Waals surface area contributed by atoms with Crippen LogP contribution in [0.1, 0.15) is 12.1 Å². The molecule has 0 aromatic carbocycles. The van der Waals surface area contributed by atoms with Crippen LogP contribution in [0.4, 0.5) is 13.2 Å². The van der Waals surface area contributed by atoms with E-state index in [4.69, 9.17) is 5.11 Å². The Morgan fingerprint density at radius 3 is 2.71 bits per heavy atom. The van der Waals surface area contributed by atoms with Crippen LogP contribution in [-0.2, 0) is 4.79 Å². The molecule has 7 heteroatoms. The Bertz CT molecular complexity index is 406. The standard InChI is InChI=1S/C10H10F3NO3/c1-6-7(3-2-4-14-6)17-8(5-9(15)16)10(11,12)13/h2-4,8H,5H2,1H3,(H,15,16). The first kappa shape index (κ1) is 13.3. The topological polar surface area (TPSA) is 59.4 Å². The van der Waals surface area contributed by atoms with Gasteiger partial charge in [0.15, 0.2) is 0 Å². The van der Waals surface area contributed by atoms with Crippen LogP contribution in [0.2, 0.25) is 0 Å². The maximum atomic E-state index is 12.5. The van der Waals surface area contributed by atoms with Crippen LogP contribution in [0.25, 0.3) is 0 Å². The second kappa shape index (κ2) is 5.03. The van der Waals surface area contributed by atoms with Crippen molar-refractivity contribution < 1.29 is 27.8 Å². The van der Waals surface area contributed by atoms with Gasteiger partial charge in [0, 0.05) is 6.20 Å². The van der Waals surface area contributed by atoms with Crippen molar-refractivity contribution in [2.45, 2.75) is 25.6 Å². The van der Waals surface area contributed by atoms with Crippen LogP contribution >= 0.6 is 0 Å². The van der Waals surface area contributed by atoms with Crippen LogP contribution < -0.4 is 4.74 Å². The summed E-state index contributed by atoms with van der Waals surface area (Å²) in [5.41, 5.74) is 0.270. The number of carboxylic acid groups (broad SMARTS) is 1. The van der Waals surface area contributed by atoms with Crippen LogP contribution in [0, 0.1) is 6.92 Å². The summed E-state index contributed by atoms with van der Waals surface area (Å²) in [6.07, 6.45) is -6.84. The molecular formula is C10H10F3NO3. The number of nitrogens with zero attached hydrogens (tertiary/aromatic N) is 1. The third-order valence-electron chi connectivity index (χ3n) is 1.95. The normalized spacial score (nSPS) is 13.2. The van der Waals surface area contributed by atoms with E-state index in [0.717, 1.165) is 0 Å². The second-order valence-electron chi connectivity index (χ2n) is 3.33. The fourth-order valence-electron chi connectivity index (χ4n) is 1.13. The number of aryl methyl sites for hydroxylation is 1. The molecule has 17 heavy (non-hydrogen) atoms. The molecule has 0 saturated carbocycles. The highest BCUT2D eigenvalue weighted by Crippen LogP contribution is 2.28. The summed E-state index contributed by atoms with van der Waals surface area (Å²) < 4.78 is 42.1. The molecule has 0 fully saturated rings. The number of pyridine rings is 1. The number of ether oxygens (including phenoxy) is 1. The monoisotopic (exact) mass is 249 g/mol. The van der Waals surface area contributed by atoms with Crippen molar-refractivity contribution in [2.75, 3.05) is 0 Å². The molecule has 0 radical (unpaired) electrons. The Balaban J connectivity index is 2.87. The van der Waals surface area contributed by atoms with Gasteiger partial charge in [-0.2, -0.15) is 13.2 Å². The van der Waals surface area contributed by atoms with E-state index >= 15 is 0 Å². The molecule has 4 nitrogen and oxygen atoms in total. The summed E-state index contributed by atoms with van der Waals surface area (Å²) in [6, 6.07) is 2.72. The van der Waals surface area contributed by atoms with E-state index in [0.29, 0.717) is 0 Å². The fraction of sp³-hybridized carbons (Fsp3) is 0.400. The first-order valence-corrected chi connectivity index (χ1v) is 4.67. The minimum Gasteiger partial charge on any atom is -0.481 e. The molecule has 0 aliphatic rings. The largest absolute Gasteiger partial charge is 0.481 e. The Labute approximate surface area is 95.0 Å². The van der Waals surface area contributed by atoms with Gasteiger partial charge in [-0.1, -0.05) is 0 Å². The maximum Gasteiger partial charge on any atom is 0.426 e. The number of aromatic nitrogens is 1. The smallest absolute Gasteiger partial charge is 0.426 e. The zero-order chi connectivity index (χ0) is 13.1. The molecule has 1 atom stereocenters. The van der Waals surface area contributed by atoms with Crippen molar-refractivity contribution in [3.8, 4) is 5.75 Å². The fourth-order valence-corrected chi connectivity index (χ4v) is 1.13. The van der Waals surface area contributed by atoms with Gasteiger partial charge in [0.25, 0.3) is 0 Å². The SMILES string of the molecule is Cc1ncccc1OC(CC(=O)O)C(F)(F)F. The Kier molecular flexibility index (Phi) is 3.93. The molecule has 1 heterocycles. The maximum absolute atomic E-state index is 12.5. The lowest BCUT2D eigenvalue weighted by atomic mass is 10.2. The number of alkyl halides is 3. The number of hydrogen-bond donors (Lipinski definition) is 1. The van der Waals surface area contributed by atoms with Crippen LogP contribution in [-0.4, -0.2) is 28.3 Å². The third-order valence-corrected chi connectivity index (χ3v) is 1.95. The molecule has 0 spiro atoms. The predicted molar refractivity (Wildman–Crippen MR) is 51.7 cm³/mol. The number of hydrogen-bond acceptors (Lipinski definition) is 3. The summed E-state index contributed by atoms with van der Waals surface area (Å²) in [5, 5.41) is 8.40. The summed E-state index contributed by atoms with van der Waals surface area (Å²) in [7, 11) is 0. The van der Waals surface area contributed by atoms with Crippen LogP contribution in [0.15, 0.2) is 18.3 Å².